The maximum atomic E-state index is 12.9. The quantitative estimate of drug-likeness (QED) is 0.836. The largest absolute Gasteiger partial charge is 0.377 e. The number of rotatable bonds is 3. The molecule has 2 aliphatic rings. The number of anilines is 2. The van der Waals surface area contributed by atoms with Gasteiger partial charge >= 0.3 is 0 Å². The molecule has 8 heteroatoms. The van der Waals surface area contributed by atoms with Crippen molar-refractivity contribution in [2.24, 2.45) is 0 Å². The molecule has 1 amide bonds. The number of nitrogens with zero attached hydrogens (tertiary/aromatic N) is 3. The summed E-state index contributed by atoms with van der Waals surface area (Å²) in [6.45, 7) is 4.14. The van der Waals surface area contributed by atoms with E-state index in [0.29, 0.717) is 51.0 Å². The van der Waals surface area contributed by atoms with E-state index in [9.17, 15) is 4.79 Å². The lowest BCUT2D eigenvalue weighted by atomic mass is 10.0. The summed E-state index contributed by atoms with van der Waals surface area (Å²) in [5.41, 5.74) is 0.876. The van der Waals surface area contributed by atoms with Crippen molar-refractivity contribution in [1.82, 2.24) is 20.2 Å². The van der Waals surface area contributed by atoms with Gasteiger partial charge in [0.05, 0.1) is 31.9 Å². The maximum Gasteiger partial charge on any atom is 0.257 e. The minimum Gasteiger partial charge on any atom is -0.377 e. The minimum absolute atomic E-state index is 0.0896. The smallest absolute Gasteiger partial charge is 0.257 e. The van der Waals surface area contributed by atoms with Crippen molar-refractivity contribution in [3.8, 4) is 0 Å². The molecule has 2 saturated heterocycles. The van der Waals surface area contributed by atoms with Gasteiger partial charge in [0.2, 0.25) is 5.95 Å². The van der Waals surface area contributed by atoms with E-state index >= 15 is 0 Å². The molecule has 0 bridgehead atoms. The van der Waals surface area contributed by atoms with Crippen molar-refractivity contribution in [1.29, 1.82) is 0 Å². The number of amides is 1. The van der Waals surface area contributed by atoms with E-state index < -0.39 is 5.60 Å². The van der Waals surface area contributed by atoms with Crippen molar-refractivity contribution < 1.29 is 14.3 Å². The average molecular weight is 369 g/mol. The highest BCUT2D eigenvalue weighted by Gasteiger charge is 2.39. The Kier molecular flexibility index (Phi) is 5.28. The number of ether oxygens (including phenoxy) is 2. The van der Waals surface area contributed by atoms with Crippen molar-refractivity contribution in [3.63, 3.8) is 0 Å². The van der Waals surface area contributed by atoms with Crippen molar-refractivity contribution >= 4 is 17.5 Å². The molecule has 8 nitrogen and oxygen atoms in total. The molecule has 2 aliphatic heterocycles. The normalized spacial score (nSPS) is 23.0. The Bertz CT molecular complexity index is 761. The third-order valence-electron chi connectivity index (χ3n) is 4.70. The zero-order chi connectivity index (χ0) is 18.5. The predicted octanol–water partition coefficient (Wildman–Crippen LogP) is 1.05. The van der Waals surface area contributed by atoms with Crippen LogP contribution in [0.1, 0.15) is 10.4 Å². The Labute approximate surface area is 157 Å². The number of carbonyl (C=O) groups excluding carboxylic acids is 1. The van der Waals surface area contributed by atoms with E-state index in [2.05, 4.69) is 20.6 Å². The zero-order valence-corrected chi connectivity index (χ0v) is 15.1. The third kappa shape index (κ3) is 4.24. The van der Waals surface area contributed by atoms with Gasteiger partial charge < -0.3 is 25.0 Å². The summed E-state index contributed by atoms with van der Waals surface area (Å²) in [6, 6.07) is 9.66. The van der Waals surface area contributed by atoms with Crippen molar-refractivity contribution in [3.05, 3.63) is 48.3 Å². The van der Waals surface area contributed by atoms with Gasteiger partial charge in [0.25, 0.3) is 5.91 Å². The fourth-order valence-electron chi connectivity index (χ4n) is 3.32. The zero-order valence-electron chi connectivity index (χ0n) is 15.1. The number of aromatic nitrogens is 2. The first-order chi connectivity index (χ1) is 13.2. The molecule has 0 radical (unpaired) electrons. The van der Waals surface area contributed by atoms with E-state index in [1.54, 1.807) is 17.3 Å². The van der Waals surface area contributed by atoms with Gasteiger partial charge in [-0.15, -0.1) is 0 Å². The molecule has 142 valence electrons. The number of morpholine rings is 1. The Balaban J connectivity index is 1.42. The molecule has 1 atom stereocenters. The van der Waals surface area contributed by atoms with Gasteiger partial charge in [-0.25, -0.2) is 9.97 Å². The van der Waals surface area contributed by atoms with Crippen LogP contribution in [0.5, 0.6) is 0 Å². The lowest BCUT2D eigenvalue weighted by molar-refractivity contribution is -0.125. The first kappa shape index (κ1) is 17.8. The lowest BCUT2D eigenvalue weighted by Crippen LogP contribution is -2.59. The van der Waals surface area contributed by atoms with Crippen molar-refractivity contribution in [2.75, 3.05) is 51.3 Å². The standard InChI is InChI=1S/C19H23N5O3/c25-17(24-7-9-27-19(13-24)12-20-6-8-26-14-19)15-10-21-18(22-11-15)23-16-4-2-1-3-5-16/h1-5,10-11,20H,6-9,12-14H2,(H,21,22,23)/t19-/m1/s1. The molecule has 0 aliphatic carbocycles. The fourth-order valence-corrected chi connectivity index (χ4v) is 3.32. The Morgan fingerprint density at radius 2 is 2.00 bits per heavy atom. The Hall–Kier alpha value is -2.55. The summed E-state index contributed by atoms with van der Waals surface area (Å²) in [6.07, 6.45) is 3.12. The first-order valence-corrected chi connectivity index (χ1v) is 9.10. The maximum absolute atomic E-state index is 12.9. The van der Waals surface area contributed by atoms with Crippen LogP contribution in [0.25, 0.3) is 0 Å². The van der Waals surface area contributed by atoms with Gasteiger partial charge in [0, 0.05) is 37.7 Å². The van der Waals surface area contributed by atoms with Gasteiger partial charge in [-0.2, -0.15) is 0 Å². The molecule has 1 spiro atoms. The van der Waals surface area contributed by atoms with Crippen LogP contribution in [0.2, 0.25) is 0 Å². The number of nitrogens with one attached hydrogen (secondary N) is 2. The van der Waals surface area contributed by atoms with Crippen LogP contribution in [0.15, 0.2) is 42.7 Å². The van der Waals surface area contributed by atoms with E-state index in [4.69, 9.17) is 9.47 Å². The summed E-state index contributed by atoms with van der Waals surface area (Å²) < 4.78 is 11.6. The molecule has 1 aromatic heterocycles. The number of hydrogen-bond acceptors (Lipinski definition) is 7. The van der Waals surface area contributed by atoms with Crippen LogP contribution in [-0.2, 0) is 9.47 Å². The lowest BCUT2D eigenvalue weighted by Gasteiger charge is -2.41. The molecule has 0 unspecified atom stereocenters. The monoisotopic (exact) mass is 369 g/mol. The van der Waals surface area contributed by atoms with E-state index in [1.165, 1.54) is 0 Å². The fraction of sp³-hybridized carbons (Fsp3) is 0.421. The van der Waals surface area contributed by atoms with E-state index in [0.717, 1.165) is 12.2 Å². The van der Waals surface area contributed by atoms with Crippen LogP contribution >= 0.6 is 0 Å². The summed E-state index contributed by atoms with van der Waals surface area (Å²) in [7, 11) is 0. The molecule has 4 rings (SSSR count). The molecular weight excluding hydrogens is 346 g/mol. The molecule has 2 aromatic rings. The Morgan fingerprint density at radius 3 is 2.81 bits per heavy atom. The number of benzene rings is 1. The van der Waals surface area contributed by atoms with Gasteiger partial charge in [-0.1, -0.05) is 18.2 Å². The SMILES string of the molecule is O=C(c1cnc(Nc2ccccc2)nc1)N1CCO[C@]2(CNCCOC2)C1. The van der Waals surface area contributed by atoms with Crippen molar-refractivity contribution in [2.45, 2.75) is 5.60 Å². The second-order valence-corrected chi connectivity index (χ2v) is 6.77. The first-order valence-electron chi connectivity index (χ1n) is 9.10. The van der Waals surface area contributed by atoms with Crippen LogP contribution in [0.3, 0.4) is 0 Å². The van der Waals surface area contributed by atoms with Gasteiger partial charge in [0.15, 0.2) is 0 Å². The van der Waals surface area contributed by atoms with Crippen LogP contribution in [-0.4, -0.2) is 72.4 Å². The highest BCUT2D eigenvalue weighted by molar-refractivity contribution is 5.93. The minimum atomic E-state index is -0.486. The third-order valence-corrected chi connectivity index (χ3v) is 4.70. The van der Waals surface area contributed by atoms with Crippen LogP contribution < -0.4 is 10.6 Å². The highest BCUT2D eigenvalue weighted by Crippen LogP contribution is 2.21. The summed E-state index contributed by atoms with van der Waals surface area (Å²) in [4.78, 5) is 23.2. The Morgan fingerprint density at radius 1 is 1.19 bits per heavy atom. The molecule has 1 aromatic carbocycles. The average Bonchev–Trinajstić information content (AvgIpc) is 2.94. The topological polar surface area (TPSA) is 88.6 Å². The highest BCUT2D eigenvalue weighted by atomic mass is 16.5. The predicted molar refractivity (Wildman–Crippen MR) is 100 cm³/mol. The number of para-hydroxylation sites is 1. The molecular formula is C19H23N5O3. The second-order valence-electron chi connectivity index (χ2n) is 6.77. The summed E-state index contributed by atoms with van der Waals surface area (Å²) >= 11 is 0. The number of carbonyl (C=O) groups is 1. The van der Waals surface area contributed by atoms with E-state index in [-0.39, 0.29) is 5.91 Å². The molecule has 3 heterocycles. The van der Waals surface area contributed by atoms with Crippen LogP contribution in [0.4, 0.5) is 11.6 Å². The van der Waals surface area contributed by atoms with Gasteiger partial charge in [-0.3, -0.25) is 4.79 Å². The van der Waals surface area contributed by atoms with Gasteiger partial charge in [-0.05, 0) is 12.1 Å². The summed E-state index contributed by atoms with van der Waals surface area (Å²) in [5.74, 6) is 0.366. The van der Waals surface area contributed by atoms with Crippen LogP contribution in [0, 0.1) is 0 Å². The number of hydrogen-bond donors (Lipinski definition) is 2. The van der Waals surface area contributed by atoms with Gasteiger partial charge in [0.1, 0.15) is 5.60 Å². The van der Waals surface area contributed by atoms with E-state index in [1.807, 2.05) is 30.3 Å². The molecule has 2 N–H and O–H groups in total. The molecule has 2 fully saturated rings. The summed E-state index contributed by atoms with van der Waals surface area (Å²) in [5, 5.41) is 6.43. The molecule has 27 heavy (non-hydrogen) atoms. The second kappa shape index (κ2) is 7.99. The molecule has 0 saturated carbocycles.